The van der Waals surface area contributed by atoms with Crippen LogP contribution in [-0.4, -0.2) is 55.0 Å². The third kappa shape index (κ3) is 1.56. The number of carbonyl (C=O) groups is 1. The lowest BCUT2D eigenvalue weighted by atomic mass is 10.0. The molecule has 2 atom stereocenters. The average Bonchev–Trinajstić information content (AvgIpc) is 2.26. The van der Waals surface area contributed by atoms with Crippen LogP contribution in [0.25, 0.3) is 0 Å². The highest BCUT2D eigenvalue weighted by molar-refractivity contribution is 5.80. The predicted octanol–water partition coefficient (Wildman–Crippen LogP) is -0.892. The van der Waals surface area contributed by atoms with Crippen molar-refractivity contribution in [3.8, 4) is 0 Å². The summed E-state index contributed by atoms with van der Waals surface area (Å²) in [5, 5.41) is 0. The SMILES string of the molecule is CN1CC(N)C(C(=O)N2CCC2)C1. The minimum atomic E-state index is 0.0399. The Morgan fingerprint density at radius 1 is 1.38 bits per heavy atom. The smallest absolute Gasteiger partial charge is 0.228 e. The van der Waals surface area contributed by atoms with Crippen LogP contribution in [0.4, 0.5) is 0 Å². The normalized spacial score (nSPS) is 34.8. The van der Waals surface area contributed by atoms with E-state index in [2.05, 4.69) is 4.90 Å². The van der Waals surface area contributed by atoms with Crippen LogP contribution >= 0.6 is 0 Å². The molecule has 1 amide bonds. The Labute approximate surface area is 78.7 Å². The molecule has 2 aliphatic rings. The van der Waals surface area contributed by atoms with E-state index in [4.69, 9.17) is 5.73 Å². The number of nitrogens with two attached hydrogens (primary N) is 1. The van der Waals surface area contributed by atoms with Gasteiger partial charge in [0.25, 0.3) is 0 Å². The van der Waals surface area contributed by atoms with Gasteiger partial charge in [-0.25, -0.2) is 0 Å². The Morgan fingerprint density at radius 2 is 2.08 bits per heavy atom. The van der Waals surface area contributed by atoms with Crippen LogP contribution < -0.4 is 5.73 Å². The molecular weight excluding hydrogens is 166 g/mol. The second-order valence-corrected chi connectivity index (χ2v) is 4.17. The molecule has 13 heavy (non-hydrogen) atoms. The van der Waals surface area contributed by atoms with Gasteiger partial charge in [-0.3, -0.25) is 4.79 Å². The lowest BCUT2D eigenvalue weighted by molar-refractivity contribution is -0.138. The molecule has 0 radical (unpaired) electrons. The molecule has 2 rings (SSSR count). The van der Waals surface area contributed by atoms with Crippen molar-refractivity contribution in [2.24, 2.45) is 11.7 Å². The Hall–Kier alpha value is -0.610. The number of carbonyl (C=O) groups excluding carboxylic acids is 1. The molecule has 0 aromatic carbocycles. The van der Waals surface area contributed by atoms with Crippen LogP contribution in [0.15, 0.2) is 0 Å². The number of likely N-dealkylation sites (tertiary alicyclic amines) is 2. The molecule has 0 saturated carbocycles. The van der Waals surface area contributed by atoms with Gasteiger partial charge in [0.05, 0.1) is 5.92 Å². The van der Waals surface area contributed by atoms with Crippen LogP contribution in [0.2, 0.25) is 0 Å². The first-order chi connectivity index (χ1) is 6.18. The minimum absolute atomic E-state index is 0.0399. The molecule has 0 spiro atoms. The molecule has 4 heteroatoms. The molecule has 0 aromatic rings. The van der Waals surface area contributed by atoms with E-state index in [1.807, 2.05) is 11.9 Å². The fourth-order valence-corrected chi connectivity index (χ4v) is 2.07. The summed E-state index contributed by atoms with van der Waals surface area (Å²) in [6.45, 7) is 3.55. The molecule has 2 fully saturated rings. The van der Waals surface area contributed by atoms with Gasteiger partial charge in [-0.15, -0.1) is 0 Å². The lowest BCUT2D eigenvalue weighted by Crippen LogP contribution is -2.49. The molecule has 2 saturated heterocycles. The van der Waals surface area contributed by atoms with Crippen LogP contribution in [0.5, 0.6) is 0 Å². The van der Waals surface area contributed by atoms with Gasteiger partial charge in [0, 0.05) is 32.2 Å². The van der Waals surface area contributed by atoms with Crippen LogP contribution in [0.3, 0.4) is 0 Å². The van der Waals surface area contributed by atoms with Gasteiger partial charge in [-0.05, 0) is 13.5 Å². The first-order valence-corrected chi connectivity index (χ1v) is 4.91. The van der Waals surface area contributed by atoms with E-state index in [1.165, 1.54) is 0 Å². The van der Waals surface area contributed by atoms with E-state index in [0.717, 1.165) is 32.6 Å². The van der Waals surface area contributed by atoms with E-state index in [1.54, 1.807) is 0 Å². The van der Waals surface area contributed by atoms with Gasteiger partial charge in [-0.2, -0.15) is 0 Å². The summed E-state index contributed by atoms with van der Waals surface area (Å²) in [7, 11) is 2.02. The van der Waals surface area contributed by atoms with E-state index in [9.17, 15) is 4.79 Å². The molecular formula is C9H17N3O. The van der Waals surface area contributed by atoms with Gasteiger partial charge in [0.1, 0.15) is 0 Å². The number of amides is 1. The zero-order chi connectivity index (χ0) is 9.42. The van der Waals surface area contributed by atoms with E-state index < -0.39 is 0 Å². The zero-order valence-electron chi connectivity index (χ0n) is 8.07. The van der Waals surface area contributed by atoms with Gasteiger partial charge in [0.2, 0.25) is 5.91 Å². The average molecular weight is 183 g/mol. The van der Waals surface area contributed by atoms with Crippen molar-refractivity contribution >= 4 is 5.91 Å². The number of hydrogen-bond acceptors (Lipinski definition) is 3. The Morgan fingerprint density at radius 3 is 2.46 bits per heavy atom. The Balaban J connectivity index is 1.95. The first kappa shape index (κ1) is 8.97. The van der Waals surface area contributed by atoms with Gasteiger partial charge in [-0.1, -0.05) is 0 Å². The second kappa shape index (κ2) is 3.27. The highest BCUT2D eigenvalue weighted by Gasteiger charge is 2.37. The summed E-state index contributed by atoms with van der Waals surface area (Å²) in [6.07, 6.45) is 1.16. The highest BCUT2D eigenvalue weighted by atomic mass is 16.2. The van der Waals surface area contributed by atoms with E-state index in [0.29, 0.717) is 0 Å². The number of likely N-dealkylation sites (N-methyl/N-ethyl adjacent to an activating group) is 1. The molecule has 74 valence electrons. The molecule has 2 N–H and O–H groups in total. The number of hydrogen-bond donors (Lipinski definition) is 1. The summed E-state index contributed by atoms with van der Waals surface area (Å²) >= 11 is 0. The summed E-state index contributed by atoms with van der Waals surface area (Å²) in [5.74, 6) is 0.313. The lowest BCUT2D eigenvalue weighted by Gasteiger charge is -2.33. The van der Waals surface area contributed by atoms with Crippen molar-refractivity contribution in [1.82, 2.24) is 9.80 Å². The molecule has 0 bridgehead atoms. The monoisotopic (exact) mass is 183 g/mol. The molecule has 2 unspecified atom stereocenters. The second-order valence-electron chi connectivity index (χ2n) is 4.17. The van der Waals surface area contributed by atoms with Gasteiger partial charge < -0.3 is 15.5 Å². The third-order valence-corrected chi connectivity index (χ3v) is 3.03. The van der Waals surface area contributed by atoms with Crippen LogP contribution in [0, 0.1) is 5.92 Å². The third-order valence-electron chi connectivity index (χ3n) is 3.03. The van der Waals surface area contributed by atoms with Crippen LogP contribution in [0.1, 0.15) is 6.42 Å². The summed E-state index contributed by atoms with van der Waals surface area (Å²) in [6, 6.07) is 0.0399. The van der Waals surface area contributed by atoms with Gasteiger partial charge >= 0.3 is 0 Å². The largest absolute Gasteiger partial charge is 0.342 e. The van der Waals surface area contributed by atoms with Crippen molar-refractivity contribution in [2.75, 3.05) is 33.2 Å². The van der Waals surface area contributed by atoms with Crippen molar-refractivity contribution in [1.29, 1.82) is 0 Å². The molecule has 0 aromatic heterocycles. The summed E-state index contributed by atoms with van der Waals surface area (Å²) < 4.78 is 0. The van der Waals surface area contributed by atoms with Crippen molar-refractivity contribution in [3.63, 3.8) is 0 Å². The molecule has 2 aliphatic heterocycles. The topological polar surface area (TPSA) is 49.6 Å². The van der Waals surface area contributed by atoms with E-state index >= 15 is 0 Å². The fraction of sp³-hybridized carbons (Fsp3) is 0.889. The van der Waals surface area contributed by atoms with Crippen LogP contribution in [-0.2, 0) is 4.79 Å². The highest BCUT2D eigenvalue weighted by Crippen LogP contribution is 2.19. The quantitative estimate of drug-likeness (QED) is 0.573. The predicted molar refractivity (Wildman–Crippen MR) is 50.2 cm³/mol. The Kier molecular flexibility index (Phi) is 2.26. The fourth-order valence-electron chi connectivity index (χ4n) is 2.07. The zero-order valence-corrected chi connectivity index (χ0v) is 8.07. The minimum Gasteiger partial charge on any atom is -0.342 e. The van der Waals surface area contributed by atoms with Crippen molar-refractivity contribution in [3.05, 3.63) is 0 Å². The Bertz CT molecular complexity index is 215. The summed E-state index contributed by atoms with van der Waals surface area (Å²) in [5.41, 5.74) is 5.90. The van der Waals surface area contributed by atoms with Gasteiger partial charge in [0.15, 0.2) is 0 Å². The van der Waals surface area contributed by atoms with E-state index in [-0.39, 0.29) is 17.9 Å². The molecule has 4 nitrogen and oxygen atoms in total. The molecule has 0 aliphatic carbocycles. The van der Waals surface area contributed by atoms with Crippen molar-refractivity contribution < 1.29 is 4.79 Å². The standard InChI is InChI=1S/C9H17N3O/c1-11-5-7(8(10)6-11)9(13)12-3-2-4-12/h7-8H,2-6,10H2,1H3. The first-order valence-electron chi connectivity index (χ1n) is 4.91. The van der Waals surface area contributed by atoms with Crippen molar-refractivity contribution in [2.45, 2.75) is 12.5 Å². The number of rotatable bonds is 1. The maximum Gasteiger partial charge on any atom is 0.228 e. The maximum atomic E-state index is 11.8. The number of nitrogens with zero attached hydrogens (tertiary/aromatic N) is 2. The summed E-state index contributed by atoms with van der Waals surface area (Å²) in [4.78, 5) is 15.9. The molecule has 2 heterocycles. The maximum absolute atomic E-state index is 11.8.